The first-order valence-electron chi connectivity index (χ1n) is 11.5. The van der Waals surface area contributed by atoms with Crippen LogP contribution in [0.15, 0.2) is 60.7 Å². The average Bonchev–Trinajstić information content (AvgIpc) is 3.48. The number of nitrogens with zero attached hydrogens (tertiary/aromatic N) is 2. The maximum Gasteiger partial charge on any atom is 0.312 e. The Bertz CT molecular complexity index is 959. The Labute approximate surface area is 189 Å². The van der Waals surface area contributed by atoms with Crippen molar-refractivity contribution >= 4 is 13.4 Å². The highest BCUT2D eigenvalue weighted by Crippen LogP contribution is 2.81. The molecular formula is C25H30FN2O3P. The number of carbonyl (C=O) groups is 1. The zero-order valence-electron chi connectivity index (χ0n) is 18.4. The SMILES string of the molecule is COC(=O)[C@H]1C[C@]1(F)P1(=O)N(Cc2ccccc2)[C@H]2CCCC[C@@H]2N1Cc1ccccc1. The number of halogens is 1. The molecule has 0 spiro atoms. The number of hydrogen-bond acceptors (Lipinski definition) is 3. The van der Waals surface area contributed by atoms with Crippen LogP contribution in [-0.4, -0.2) is 39.9 Å². The molecule has 3 aliphatic rings. The molecular weight excluding hydrogens is 426 g/mol. The third-order valence-corrected chi connectivity index (χ3v) is 11.1. The lowest BCUT2D eigenvalue weighted by molar-refractivity contribution is -0.142. The molecule has 3 fully saturated rings. The second kappa shape index (κ2) is 8.40. The topological polar surface area (TPSA) is 49.9 Å². The maximum absolute atomic E-state index is 16.6. The molecule has 1 saturated heterocycles. The van der Waals surface area contributed by atoms with Gasteiger partial charge in [0, 0.05) is 31.6 Å². The first-order chi connectivity index (χ1) is 15.5. The fourth-order valence-electron chi connectivity index (χ4n) is 5.69. The minimum Gasteiger partial charge on any atom is -0.469 e. The van der Waals surface area contributed by atoms with Gasteiger partial charge in [-0.1, -0.05) is 73.5 Å². The van der Waals surface area contributed by atoms with Gasteiger partial charge in [-0.15, -0.1) is 0 Å². The van der Waals surface area contributed by atoms with Crippen LogP contribution in [-0.2, 0) is 27.2 Å². The van der Waals surface area contributed by atoms with E-state index in [2.05, 4.69) is 0 Å². The van der Waals surface area contributed by atoms with E-state index < -0.39 is 24.7 Å². The molecule has 5 rings (SSSR count). The van der Waals surface area contributed by atoms with Gasteiger partial charge in [0.05, 0.1) is 7.11 Å². The van der Waals surface area contributed by atoms with Crippen LogP contribution < -0.4 is 0 Å². The van der Waals surface area contributed by atoms with Gasteiger partial charge in [0.1, 0.15) is 5.92 Å². The Kier molecular flexibility index (Phi) is 5.73. The van der Waals surface area contributed by atoms with Crippen LogP contribution in [0.3, 0.4) is 0 Å². The van der Waals surface area contributed by atoms with Gasteiger partial charge >= 0.3 is 5.97 Å². The zero-order valence-corrected chi connectivity index (χ0v) is 19.3. The lowest BCUT2D eigenvalue weighted by Crippen LogP contribution is -2.39. The van der Waals surface area contributed by atoms with Crippen molar-refractivity contribution in [1.29, 1.82) is 0 Å². The summed E-state index contributed by atoms with van der Waals surface area (Å²) in [6.07, 6.45) is 3.85. The van der Waals surface area contributed by atoms with E-state index in [1.165, 1.54) is 7.11 Å². The summed E-state index contributed by atoms with van der Waals surface area (Å²) in [5, 5.41) is -2.07. The summed E-state index contributed by atoms with van der Waals surface area (Å²) in [7, 11) is -2.45. The van der Waals surface area contributed by atoms with E-state index in [1.807, 2.05) is 70.0 Å². The smallest absolute Gasteiger partial charge is 0.312 e. The Morgan fingerprint density at radius 1 is 0.969 bits per heavy atom. The molecule has 0 unspecified atom stereocenters. The van der Waals surface area contributed by atoms with Crippen molar-refractivity contribution in [3.63, 3.8) is 0 Å². The number of methoxy groups -OCH3 is 1. The highest BCUT2D eigenvalue weighted by Gasteiger charge is 2.77. The van der Waals surface area contributed by atoms with Crippen LogP contribution in [0.1, 0.15) is 43.2 Å². The summed E-state index contributed by atoms with van der Waals surface area (Å²) >= 11 is 0. The molecule has 0 amide bonds. The molecule has 0 radical (unpaired) electrons. The van der Waals surface area contributed by atoms with Crippen molar-refractivity contribution in [3.05, 3.63) is 71.8 Å². The molecule has 4 atom stereocenters. The summed E-state index contributed by atoms with van der Waals surface area (Å²) < 4.78 is 40.4. The molecule has 0 aromatic heterocycles. The van der Waals surface area contributed by atoms with E-state index in [1.54, 1.807) is 0 Å². The standard InChI is InChI=1S/C25H30FN2O3P/c1-31-24(29)21-16-25(21,26)32(30)27(17-19-10-4-2-5-11-19)22-14-8-9-15-23(22)28(32)18-20-12-6-3-7-13-20/h2-7,10-13,21-23H,8-9,14-18H2,1H3/t21-,22+,23+,25+/m1/s1. The second-order valence-corrected chi connectivity index (χ2v) is 12.1. The molecule has 0 N–H and O–H groups in total. The van der Waals surface area contributed by atoms with Crippen molar-refractivity contribution < 1.29 is 18.5 Å². The fraction of sp³-hybridized carbons (Fsp3) is 0.480. The van der Waals surface area contributed by atoms with E-state index in [9.17, 15) is 4.79 Å². The molecule has 1 heterocycles. The molecule has 2 saturated carbocycles. The number of esters is 1. The van der Waals surface area contributed by atoms with E-state index in [4.69, 9.17) is 4.74 Å². The first-order valence-corrected chi connectivity index (χ1v) is 13.1. The van der Waals surface area contributed by atoms with Crippen molar-refractivity contribution in [3.8, 4) is 0 Å². The van der Waals surface area contributed by atoms with Gasteiger partial charge in [-0.05, 0) is 24.0 Å². The first kappa shape index (κ1) is 21.8. The quantitative estimate of drug-likeness (QED) is 0.432. The van der Waals surface area contributed by atoms with Gasteiger partial charge < -0.3 is 4.74 Å². The Morgan fingerprint density at radius 3 is 1.88 bits per heavy atom. The summed E-state index contributed by atoms with van der Waals surface area (Å²) in [5.41, 5.74) is 2.02. The van der Waals surface area contributed by atoms with Crippen LogP contribution >= 0.6 is 7.44 Å². The molecule has 0 bridgehead atoms. The third-order valence-electron chi connectivity index (χ3n) is 7.36. The molecule has 170 valence electrons. The Hall–Kier alpha value is -2.01. The fourth-order valence-corrected chi connectivity index (χ4v) is 9.82. The average molecular weight is 456 g/mol. The van der Waals surface area contributed by atoms with Gasteiger partial charge in [-0.3, -0.25) is 9.36 Å². The van der Waals surface area contributed by atoms with Gasteiger partial charge in [0.15, 0.2) is 0 Å². The van der Waals surface area contributed by atoms with Crippen molar-refractivity contribution in [2.24, 2.45) is 5.92 Å². The summed E-state index contributed by atoms with van der Waals surface area (Å²) in [5.74, 6) is -1.56. The number of ether oxygens (including phenoxy) is 1. The molecule has 32 heavy (non-hydrogen) atoms. The van der Waals surface area contributed by atoms with Crippen molar-refractivity contribution in [1.82, 2.24) is 9.34 Å². The molecule has 2 aromatic rings. The second-order valence-electron chi connectivity index (χ2n) is 9.23. The minimum absolute atomic E-state index is 0.0185. The maximum atomic E-state index is 16.6. The van der Waals surface area contributed by atoms with Gasteiger partial charge in [0.25, 0.3) is 7.44 Å². The predicted octanol–water partition coefficient (Wildman–Crippen LogP) is 5.37. The van der Waals surface area contributed by atoms with Crippen LogP contribution in [0.5, 0.6) is 0 Å². The molecule has 7 heteroatoms. The molecule has 5 nitrogen and oxygen atoms in total. The van der Waals surface area contributed by atoms with Crippen molar-refractivity contribution in [2.45, 2.75) is 62.7 Å². The van der Waals surface area contributed by atoms with Gasteiger partial charge in [-0.2, -0.15) is 0 Å². The lowest BCUT2D eigenvalue weighted by Gasteiger charge is -2.35. The van der Waals surface area contributed by atoms with Gasteiger partial charge in [0.2, 0.25) is 5.41 Å². The van der Waals surface area contributed by atoms with Crippen LogP contribution in [0.2, 0.25) is 0 Å². The molecule has 2 aliphatic carbocycles. The van der Waals surface area contributed by atoms with Crippen molar-refractivity contribution in [2.75, 3.05) is 7.11 Å². The molecule has 1 aliphatic heterocycles. The Morgan fingerprint density at radius 2 is 1.44 bits per heavy atom. The van der Waals surface area contributed by atoms with E-state index >= 15 is 8.96 Å². The van der Waals surface area contributed by atoms with Crippen LogP contribution in [0, 0.1) is 5.92 Å². The van der Waals surface area contributed by atoms with E-state index in [-0.39, 0.29) is 18.5 Å². The third kappa shape index (κ3) is 3.44. The lowest BCUT2D eigenvalue weighted by atomic mass is 9.90. The van der Waals surface area contributed by atoms with E-state index in [0.29, 0.717) is 13.1 Å². The number of alkyl halides is 1. The normalized spacial score (nSPS) is 31.8. The monoisotopic (exact) mass is 456 g/mol. The largest absolute Gasteiger partial charge is 0.469 e. The predicted molar refractivity (Wildman–Crippen MR) is 122 cm³/mol. The van der Waals surface area contributed by atoms with E-state index in [0.717, 1.165) is 36.8 Å². The summed E-state index contributed by atoms with van der Waals surface area (Å²) in [4.78, 5) is 12.3. The summed E-state index contributed by atoms with van der Waals surface area (Å²) in [6.45, 7) is 0.842. The number of rotatable bonds is 6. The summed E-state index contributed by atoms with van der Waals surface area (Å²) in [6, 6.07) is 19.7. The molecule has 2 aromatic carbocycles. The number of hydrogen-bond donors (Lipinski definition) is 0. The Balaban J connectivity index is 1.59. The number of fused-ring (bicyclic) bond motifs is 1. The highest BCUT2D eigenvalue weighted by atomic mass is 31.2. The number of benzene rings is 2. The van der Waals surface area contributed by atoms with Crippen LogP contribution in [0.25, 0.3) is 0 Å². The zero-order chi connectivity index (χ0) is 22.3. The van der Waals surface area contributed by atoms with Gasteiger partial charge in [-0.25, -0.2) is 13.7 Å². The number of carbonyl (C=O) groups excluding carboxylic acids is 1. The minimum atomic E-state index is -3.72. The van der Waals surface area contributed by atoms with Crippen LogP contribution in [0.4, 0.5) is 4.39 Å². The highest BCUT2D eigenvalue weighted by molar-refractivity contribution is 7.61.